The van der Waals surface area contributed by atoms with E-state index in [1.165, 1.54) is 20.1 Å². The van der Waals surface area contributed by atoms with Gasteiger partial charge in [-0.1, -0.05) is 43.3 Å². The highest BCUT2D eigenvalue weighted by Gasteiger charge is 2.39. The number of ether oxygens (including phenoxy) is 2. The van der Waals surface area contributed by atoms with Gasteiger partial charge in [-0.15, -0.1) is 5.10 Å². The summed E-state index contributed by atoms with van der Waals surface area (Å²) in [6.07, 6.45) is 1.49. The van der Waals surface area contributed by atoms with E-state index in [9.17, 15) is 13.2 Å². The van der Waals surface area contributed by atoms with Gasteiger partial charge in [-0.2, -0.15) is 10.0 Å². The first-order valence-corrected chi connectivity index (χ1v) is 12.4. The molecule has 0 radical (unpaired) electrons. The minimum absolute atomic E-state index is 0.0155. The monoisotopic (exact) mass is 484 g/mol. The van der Waals surface area contributed by atoms with Crippen molar-refractivity contribution in [3.8, 4) is 11.5 Å². The summed E-state index contributed by atoms with van der Waals surface area (Å²) in [7, 11) is -2.07. The second kappa shape index (κ2) is 9.20. The van der Waals surface area contributed by atoms with E-state index in [0.717, 1.165) is 22.3 Å². The molecule has 2 heterocycles. The second-order valence-electron chi connectivity index (χ2n) is 6.97. The van der Waals surface area contributed by atoms with Gasteiger partial charge >= 0.3 is 0 Å². The summed E-state index contributed by atoms with van der Waals surface area (Å²) in [6.45, 7) is 1.87. The van der Waals surface area contributed by atoms with Gasteiger partial charge in [-0.3, -0.25) is 10.2 Å². The number of carbonyl (C=O) groups excluding carboxylic acids is 1. The lowest BCUT2D eigenvalue weighted by Gasteiger charge is -2.20. The van der Waals surface area contributed by atoms with Crippen molar-refractivity contribution < 1.29 is 22.7 Å². The Labute approximate surface area is 195 Å². The molecule has 170 valence electrons. The average molecular weight is 485 g/mol. The van der Waals surface area contributed by atoms with Crippen molar-refractivity contribution >= 4 is 49.0 Å². The SMILES string of the molecule is CCS(=O)(=O)C1=NN2C(=N)/C(=C/c3ccc(OCc4ccccc4)c(OC)c3)C(=O)N=C2S1. The van der Waals surface area contributed by atoms with Crippen LogP contribution in [-0.4, -0.2) is 47.6 Å². The molecular weight excluding hydrogens is 464 g/mol. The van der Waals surface area contributed by atoms with Gasteiger partial charge in [-0.05, 0) is 41.1 Å². The minimum atomic E-state index is -3.58. The maximum absolute atomic E-state index is 12.6. The lowest BCUT2D eigenvalue weighted by Crippen LogP contribution is -2.35. The van der Waals surface area contributed by atoms with E-state index >= 15 is 0 Å². The Balaban J connectivity index is 1.58. The van der Waals surface area contributed by atoms with E-state index in [-0.39, 0.29) is 26.7 Å². The predicted octanol–water partition coefficient (Wildman–Crippen LogP) is 3.29. The third-order valence-electron chi connectivity index (χ3n) is 4.82. The first kappa shape index (κ1) is 22.7. The number of amidine groups is 2. The quantitative estimate of drug-likeness (QED) is 0.625. The largest absolute Gasteiger partial charge is 0.493 e. The molecule has 0 fully saturated rings. The topological polar surface area (TPSA) is 121 Å². The van der Waals surface area contributed by atoms with Crippen LogP contribution in [0, 0.1) is 5.41 Å². The summed E-state index contributed by atoms with van der Waals surface area (Å²) < 4.78 is 35.3. The average Bonchev–Trinajstić information content (AvgIpc) is 3.26. The highest BCUT2D eigenvalue weighted by atomic mass is 32.3. The van der Waals surface area contributed by atoms with E-state index in [4.69, 9.17) is 14.9 Å². The van der Waals surface area contributed by atoms with Crippen molar-refractivity contribution in [1.29, 1.82) is 5.41 Å². The van der Waals surface area contributed by atoms with Gasteiger partial charge in [-0.25, -0.2) is 8.42 Å². The molecule has 0 spiro atoms. The van der Waals surface area contributed by atoms with E-state index in [2.05, 4.69) is 10.1 Å². The van der Waals surface area contributed by atoms with Gasteiger partial charge in [0.25, 0.3) is 5.91 Å². The molecule has 1 N–H and O–H groups in total. The molecule has 1 amide bonds. The Kier molecular flexibility index (Phi) is 6.34. The number of hydrogen-bond donors (Lipinski definition) is 1. The molecule has 11 heteroatoms. The van der Waals surface area contributed by atoms with Crippen LogP contribution in [-0.2, 0) is 21.2 Å². The number of hydrazone groups is 1. The lowest BCUT2D eigenvalue weighted by molar-refractivity contribution is -0.114. The third-order valence-corrected chi connectivity index (χ3v) is 7.91. The first-order chi connectivity index (χ1) is 15.8. The molecule has 0 saturated heterocycles. The summed E-state index contributed by atoms with van der Waals surface area (Å²) >= 11 is 0.766. The van der Waals surface area contributed by atoms with Crippen LogP contribution in [0.25, 0.3) is 6.08 Å². The van der Waals surface area contributed by atoms with Crippen molar-refractivity contribution in [3.63, 3.8) is 0 Å². The van der Waals surface area contributed by atoms with Gasteiger partial charge in [0.05, 0.1) is 18.4 Å². The summed E-state index contributed by atoms with van der Waals surface area (Å²) in [5, 5.41) is 13.5. The van der Waals surface area contributed by atoms with Crippen LogP contribution in [0.1, 0.15) is 18.1 Å². The normalized spacial score (nSPS) is 17.0. The fourth-order valence-electron chi connectivity index (χ4n) is 3.02. The molecule has 9 nitrogen and oxygen atoms in total. The maximum atomic E-state index is 12.6. The summed E-state index contributed by atoms with van der Waals surface area (Å²) in [5.74, 6) is -0.0358. The number of hydrogen-bond acceptors (Lipinski definition) is 8. The molecule has 2 aliphatic rings. The number of fused-ring (bicyclic) bond motifs is 1. The van der Waals surface area contributed by atoms with Gasteiger partial charge in [0.15, 0.2) is 17.3 Å². The molecule has 0 saturated carbocycles. The summed E-state index contributed by atoms with van der Waals surface area (Å²) in [4.78, 5) is 16.5. The van der Waals surface area contributed by atoms with Gasteiger partial charge in [0.2, 0.25) is 19.4 Å². The number of rotatable bonds is 6. The number of nitrogens with zero attached hydrogens (tertiary/aromatic N) is 3. The Hall–Kier alpha value is -3.44. The molecular formula is C22H20N4O5S2. The predicted molar refractivity (Wildman–Crippen MR) is 128 cm³/mol. The summed E-state index contributed by atoms with van der Waals surface area (Å²) in [6, 6.07) is 14.8. The van der Waals surface area contributed by atoms with E-state index < -0.39 is 15.7 Å². The lowest BCUT2D eigenvalue weighted by atomic mass is 10.1. The minimum Gasteiger partial charge on any atom is -0.493 e. The molecule has 0 aliphatic carbocycles. The number of thioether (sulfide) groups is 1. The Morgan fingerprint density at radius 3 is 2.61 bits per heavy atom. The van der Waals surface area contributed by atoms with E-state index in [0.29, 0.717) is 23.7 Å². The number of benzene rings is 2. The zero-order valence-electron chi connectivity index (χ0n) is 17.8. The van der Waals surface area contributed by atoms with Crippen molar-refractivity contribution in [2.75, 3.05) is 12.9 Å². The molecule has 0 unspecified atom stereocenters. The van der Waals surface area contributed by atoms with E-state index in [1.54, 1.807) is 18.2 Å². The zero-order chi connectivity index (χ0) is 23.6. The molecule has 0 aromatic heterocycles. The van der Waals surface area contributed by atoms with Crippen molar-refractivity contribution in [3.05, 3.63) is 65.2 Å². The van der Waals surface area contributed by atoms with Crippen LogP contribution in [0.5, 0.6) is 11.5 Å². The standard InChI is InChI=1S/C22H20N4O5S2/c1-3-33(28,29)22-25-26-19(23)16(20(27)24-21(26)32-22)11-15-9-10-17(18(12-15)30-2)31-13-14-7-5-4-6-8-14/h4-12,23H,3,13H2,1-2H3/b16-11-,23-19?. The van der Waals surface area contributed by atoms with Crippen molar-refractivity contribution in [1.82, 2.24) is 5.01 Å². The van der Waals surface area contributed by atoms with Gasteiger partial charge in [0.1, 0.15) is 6.61 Å². The Morgan fingerprint density at radius 2 is 1.91 bits per heavy atom. The second-order valence-corrected chi connectivity index (χ2v) is 10.4. The maximum Gasteiger partial charge on any atom is 0.283 e. The molecule has 2 aromatic carbocycles. The van der Waals surface area contributed by atoms with Crippen molar-refractivity contribution in [2.45, 2.75) is 13.5 Å². The zero-order valence-corrected chi connectivity index (χ0v) is 19.4. The number of methoxy groups -OCH3 is 1. The molecule has 4 rings (SSSR count). The molecule has 2 aromatic rings. The van der Waals surface area contributed by atoms with Crippen molar-refractivity contribution in [2.24, 2.45) is 10.1 Å². The van der Waals surface area contributed by atoms with Crippen LogP contribution in [0.3, 0.4) is 0 Å². The number of carbonyl (C=O) groups is 1. The third kappa shape index (κ3) is 4.69. The van der Waals surface area contributed by atoms with E-state index in [1.807, 2.05) is 30.3 Å². The number of nitrogens with one attached hydrogen (secondary N) is 1. The first-order valence-electron chi connectivity index (χ1n) is 9.90. The van der Waals surface area contributed by atoms with Gasteiger partial charge < -0.3 is 9.47 Å². The van der Waals surface area contributed by atoms with Crippen LogP contribution in [0.15, 0.2) is 64.2 Å². The number of aliphatic imine (C=N–C) groups is 1. The molecule has 33 heavy (non-hydrogen) atoms. The fraction of sp³-hybridized carbons (Fsp3) is 0.182. The molecule has 0 atom stereocenters. The highest BCUT2D eigenvalue weighted by molar-refractivity contribution is 8.42. The number of sulfone groups is 1. The smallest absolute Gasteiger partial charge is 0.283 e. The highest BCUT2D eigenvalue weighted by Crippen LogP contribution is 2.32. The molecule has 2 aliphatic heterocycles. The van der Waals surface area contributed by atoms with Crippen LogP contribution in [0.2, 0.25) is 0 Å². The molecule has 0 bridgehead atoms. The fourth-order valence-corrected chi connectivity index (χ4v) is 5.18. The Morgan fingerprint density at radius 1 is 1.15 bits per heavy atom. The van der Waals surface area contributed by atoms with Crippen LogP contribution in [0.4, 0.5) is 0 Å². The van der Waals surface area contributed by atoms with Gasteiger partial charge in [0, 0.05) is 0 Å². The van der Waals surface area contributed by atoms with Crippen LogP contribution < -0.4 is 9.47 Å². The Bertz CT molecular complexity index is 1320. The van der Waals surface area contributed by atoms with Crippen LogP contribution >= 0.6 is 11.8 Å². The number of amides is 1. The summed E-state index contributed by atoms with van der Waals surface area (Å²) in [5.41, 5.74) is 1.58.